The number of carboxylic acids is 1. The summed E-state index contributed by atoms with van der Waals surface area (Å²) in [6.07, 6.45) is 0. The molecule has 1 N–H and O–H groups in total. The lowest BCUT2D eigenvalue weighted by Crippen LogP contribution is -2.11. The maximum absolute atomic E-state index is 11.7. The standard InChI is InChI=1S/C20H19Cl2NO2/c1-20(2,3)14-5-7-17-13(9-14)10-18(19(24)25)23(17)11-12-4-6-15(21)16(22)8-12/h4-10H,11H2,1-3H3,(H,24,25). The molecule has 1 heterocycles. The molecule has 0 aliphatic heterocycles. The predicted octanol–water partition coefficient (Wildman–Crippen LogP) is 5.99. The molecule has 0 aliphatic rings. The lowest BCUT2D eigenvalue weighted by molar-refractivity contribution is 0.0686. The van der Waals surface area contributed by atoms with E-state index in [0.29, 0.717) is 16.6 Å². The summed E-state index contributed by atoms with van der Waals surface area (Å²) in [6, 6.07) is 13.2. The summed E-state index contributed by atoms with van der Waals surface area (Å²) in [5.41, 5.74) is 3.21. The molecule has 130 valence electrons. The number of carboxylic acid groups (broad SMARTS) is 1. The quantitative estimate of drug-likeness (QED) is 0.610. The molecule has 0 fully saturated rings. The van der Waals surface area contributed by atoms with Crippen LogP contribution in [0.25, 0.3) is 10.9 Å². The van der Waals surface area contributed by atoms with Crippen molar-refractivity contribution in [1.82, 2.24) is 4.57 Å². The second kappa shape index (κ2) is 6.40. The Balaban J connectivity index is 2.13. The van der Waals surface area contributed by atoms with E-state index in [0.717, 1.165) is 16.5 Å². The molecular weight excluding hydrogens is 357 g/mol. The van der Waals surface area contributed by atoms with Gasteiger partial charge in [0.15, 0.2) is 0 Å². The Morgan fingerprint density at radius 2 is 1.76 bits per heavy atom. The molecule has 0 amide bonds. The monoisotopic (exact) mass is 375 g/mol. The van der Waals surface area contributed by atoms with E-state index in [2.05, 4.69) is 32.9 Å². The smallest absolute Gasteiger partial charge is 0.352 e. The molecule has 0 saturated carbocycles. The number of hydrogen-bond donors (Lipinski definition) is 1. The van der Waals surface area contributed by atoms with E-state index in [-0.39, 0.29) is 11.1 Å². The maximum Gasteiger partial charge on any atom is 0.352 e. The van der Waals surface area contributed by atoms with Gasteiger partial charge in [-0.05, 0) is 46.9 Å². The summed E-state index contributed by atoms with van der Waals surface area (Å²) in [6.45, 7) is 6.83. The number of carbonyl (C=O) groups is 1. The van der Waals surface area contributed by atoms with Crippen LogP contribution in [0.5, 0.6) is 0 Å². The van der Waals surface area contributed by atoms with Crippen molar-refractivity contribution in [3.05, 3.63) is 69.3 Å². The van der Waals surface area contributed by atoms with Crippen molar-refractivity contribution >= 4 is 40.1 Å². The second-order valence-corrected chi connectivity index (χ2v) is 8.01. The highest BCUT2D eigenvalue weighted by atomic mass is 35.5. The predicted molar refractivity (Wildman–Crippen MR) is 103 cm³/mol. The first-order valence-corrected chi connectivity index (χ1v) is 8.73. The Morgan fingerprint density at radius 3 is 2.36 bits per heavy atom. The Morgan fingerprint density at radius 1 is 1.04 bits per heavy atom. The van der Waals surface area contributed by atoms with Gasteiger partial charge in [0.1, 0.15) is 5.69 Å². The molecule has 0 radical (unpaired) electrons. The zero-order valence-electron chi connectivity index (χ0n) is 14.3. The number of aromatic nitrogens is 1. The van der Waals surface area contributed by atoms with Crippen LogP contribution in [0.15, 0.2) is 42.5 Å². The Kier molecular flexibility index (Phi) is 4.56. The molecule has 3 aromatic rings. The molecule has 2 aromatic carbocycles. The maximum atomic E-state index is 11.7. The normalized spacial score (nSPS) is 11.9. The average Bonchev–Trinajstić information content (AvgIpc) is 2.88. The first kappa shape index (κ1) is 17.8. The van der Waals surface area contributed by atoms with Crippen molar-refractivity contribution in [1.29, 1.82) is 0 Å². The Labute approximate surface area is 156 Å². The van der Waals surface area contributed by atoms with E-state index in [1.807, 2.05) is 12.1 Å². The first-order valence-electron chi connectivity index (χ1n) is 7.98. The minimum absolute atomic E-state index is 0.00335. The van der Waals surface area contributed by atoms with Gasteiger partial charge in [0, 0.05) is 17.4 Å². The van der Waals surface area contributed by atoms with Gasteiger partial charge in [-0.1, -0.05) is 56.1 Å². The van der Waals surface area contributed by atoms with E-state index in [9.17, 15) is 9.90 Å². The molecule has 25 heavy (non-hydrogen) atoms. The summed E-state index contributed by atoms with van der Waals surface area (Å²) in [4.78, 5) is 11.7. The van der Waals surface area contributed by atoms with Crippen molar-refractivity contribution in [2.75, 3.05) is 0 Å². The van der Waals surface area contributed by atoms with Gasteiger partial charge >= 0.3 is 5.97 Å². The van der Waals surface area contributed by atoms with Gasteiger partial charge in [-0.3, -0.25) is 0 Å². The van der Waals surface area contributed by atoms with Crippen LogP contribution in [0, 0.1) is 0 Å². The topological polar surface area (TPSA) is 42.2 Å². The van der Waals surface area contributed by atoms with Crippen molar-refractivity contribution < 1.29 is 9.90 Å². The fourth-order valence-corrected chi connectivity index (χ4v) is 3.23. The number of halogens is 2. The molecule has 0 aliphatic carbocycles. The van der Waals surface area contributed by atoms with Crippen LogP contribution in [-0.4, -0.2) is 15.6 Å². The molecule has 3 rings (SSSR count). The zero-order valence-corrected chi connectivity index (χ0v) is 15.8. The van der Waals surface area contributed by atoms with Crippen LogP contribution in [0.1, 0.15) is 42.4 Å². The second-order valence-electron chi connectivity index (χ2n) is 7.19. The number of hydrogen-bond acceptors (Lipinski definition) is 1. The summed E-state index contributed by atoms with van der Waals surface area (Å²) in [5.74, 6) is -0.950. The highest BCUT2D eigenvalue weighted by molar-refractivity contribution is 6.42. The summed E-state index contributed by atoms with van der Waals surface area (Å²) in [5, 5.41) is 11.5. The SMILES string of the molecule is CC(C)(C)c1ccc2c(c1)cc(C(=O)O)n2Cc1ccc(Cl)c(Cl)c1. The van der Waals surface area contributed by atoms with Crippen molar-refractivity contribution in [3.8, 4) is 0 Å². The van der Waals surface area contributed by atoms with Gasteiger partial charge in [-0.15, -0.1) is 0 Å². The minimum Gasteiger partial charge on any atom is -0.477 e. The van der Waals surface area contributed by atoms with Crippen molar-refractivity contribution in [3.63, 3.8) is 0 Å². The highest BCUT2D eigenvalue weighted by Gasteiger charge is 2.19. The number of rotatable bonds is 3. The molecule has 1 aromatic heterocycles. The Hall–Kier alpha value is -1.97. The lowest BCUT2D eigenvalue weighted by Gasteiger charge is -2.19. The summed E-state index contributed by atoms with van der Waals surface area (Å²) >= 11 is 12.1. The van der Waals surface area contributed by atoms with E-state index < -0.39 is 5.97 Å². The first-order chi connectivity index (χ1) is 11.7. The van der Waals surface area contributed by atoms with Gasteiger partial charge in [0.25, 0.3) is 0 Å². The third-order valence-corrected chi connectivity index (χ3v) is 5.05. The van der Waals surface area contributed by atoms with Gasteiger partial charge in [-0.2, -0.15) is 0 Å². The third-order valence-electron chi connectivity index (χ3n) is 4.31. The molecule has 0 unspecified atom stereocenters. The van der Waals surface area contributed by atoms with Crippen LogP contribution in [0.4, 0.5) is 0 Å². The van der Waals surface area contributed by atoms with Gasteiger partial charge in [0.05, 0.1) is 10.0 Å². The summed E-state index contributed by atoms with van der Waals surface area (Å²) in [7, 11) is 0. The third kappa shape index (κ3) is 3.53. The van der Waals surface area contributed by atoms with Crippen LogP contribution in [0.2, 0.25) is 10.0 Å². The number of benzene rings is 2. The van der Waals surface area contributed by atoms with Crippen LogP contribution in [0.3, 0.4) is 0 Å². The lowest BCUT2D eigenvalue weighted by atomic mass is 9.86. The molecule has 0 bridgehead atoms. The molecule has 3 nitrogen and oxygen atoms in total. The molecule has 0 saturated heterocycles. The van der Waals surface area contributed by atoms with E-state index in [1.165, 1.54) is 5.56 Å². The van der Waals surface area contributed by atoms with Crippen molar-refractivity contribution in [2.45, 2.75) is 32.7 Å². The van der Waals surface area contributed by atoms with E-state index in [4.69, 9.17) is 23.2 Å². The highest BCUT2D eigenvalue weighted by Crippen LogP contribution is 2.29. The largest absolute Gasteiger partial charge is 0.477 e. The minimum atomic E-state index is -0.950. The number of nitrogens with zero attached hydrogens (tertiary/aromatic N) is 1. The summed E-state index contributed by atoms with van der Waals surface area (Å²) < 4.78 is 1.80. The van der Waals surface area contributed by atoms with Crippen LogP contribution < -0.4 is 0 Å². The van der Waals surface area contributed by atoms with Gasteiger partial charge < -0.3 is 9.67 Å². The number of aromatic carboxylic acids is 1. The molecular formula is C20H19Cl2NO2. The Bertz CT molecular complexity index is 968. The van der Waals surface area contributed by atoms with Crippen LogP contribution >= 0.6 is 23.2 Å². The molecule has 5 heteroatoms. The number of fused-ring (bicyclic) bond motifs is 1. The van der Waals surface area contributed by atoms with Crippen LogP contribution in [-0.2, 0) is 12.0 Å². The fraction of sp³-hybridized carbons (Fsp3) is 0.250. The average molecular weight is 376 g/mol. The van der Waals surface area contributed by atoms with Crippen molar-refractivity contribution in [2.24, 2.45) is 0 Å². The van der Waals surface area contributed by atoms with E-state index in [1.54, 1.807) is 22.8 Å². The fourth-order valence-electron chi connectivity index (χ4n) is 2.91. The van der Waals surface area contributed by atoms with Gasteiger partial charge in [-0.25, -0.2) is 4.79 Å². The molecule has 0 spiro atoms. The zero-order chi connectivity index (χ0) is 18.4. The van der Waals surface area contributed by atoms with E-state index >= 15 is 0 Å². The van der Waals surface area contributed by atoms with Gasteiger partial charge in [0.2, 0.25) is 0 Å². The molecule has 0 atom stereocenters.